The van der Waals surface area contributed by atoms with E-state index in [9.17, 15) is 4.39 Å². The molecule has 0 amide bonds. The highest BCUT2D eigenvalue weighted by molar-refractivity contribution is 5.37. The molecule has 1 heteroatoms. The van der Waals surface area contributed by atoms with Gasteiger partial charge in [0.25, 0.3) is 0 Å². The van der Waals surface area contributed by atoms with E-state index in [1.807, 2.05) is 0 Å². The van der Waals surface area contributed by atoms with Crippen LogP contribution in [-0.4, -0.2) is 7.18 Å². The predicted octanol–water partition coefficient (Wildman–Crippen LogP) is 3.07. The monoisotopic (exact) mass is 166 g/mol. The molecule has 0 saturated heterocycles. The summed E-state index contributed by atoms with van der Waals surface area (Å²) in [5.41, 5.74) is 4.68. The first kappa shape index (κ1) is 9.24. The van der Waals surface area contributed by atoms with Crippen molar-refractivity contribution in [2.75, 3.05) is 7.18 Å². The van der Waals surface area contributed by atoms with Crippen LogP contribution in [0.5, 0.6) is 0 Å². The van der Waals surface area contributed by atoms with Gasteiger partial charge in [0.1, 0.15) is 0 Å². The Hall–Kier alpha value is -0.850. The average molecular weight is 166 g/mol. The Balaban J connectivity index is 0.000000336. The van der Waals surface area contributed by atoms with Gasteiger partial charge in [-0.25, -0.2) is 0 Å². The van der Waals surface area contributed by atoms with Crippen molar-refractivity contribution < 1.29 is 4.39 Å². The van der Waals surface area contributed by atoms with E-state index in [1.54, 1.807) is 11.1 Å². The van der Waals surface area contributed by atoms with E-state index >= 15 is 0 Å². The molecule has 1 aromatic rings. The zero-order valence-electron chi connectivity index (χ0n) is 7.73. The first-order valence-electron chi connectivity index (χ1n) is 4.33. The number of rotatable bonds is 0. The van der Waals surface area contributed by atoms with Crippen LogP contribution in [0.1, 0.15) is 23.1 Å². The van der Waals surface area contributed by atoms with Gasteiger partial charge in [-0.15, -0.1) is 0 Å². The molecule has 0 unspecified atom stereocenters. The molecule has 0 aromatic heterocycles. The van der Waals surface area contributed by atoms with Gasteiger partial charge in [-0.1, -0.05) is 18.2 Å². The van der Waals surface area contributed by atoms with Crippen LogP contribution in [0.25, 0.3) is 0 Å². The van der Waals surface area contributed by atoms with Crippen molar-refractivity contribution in [1.29, 1.82) is 0 Å². The highest BCUT2D eigenvalue weighted by Gasteiger charge is 2.10. The van der Waals surface area contributed by atoms with Crippen molar-refractivity contribution in [2.45, 2.75) is 26.2 Å². The third-order valence-corrected chi connectivity index (χ3v) is 2.38. The molecule has 0 N–H and O–H groups in total. The highest BCUT2D eigenvalue weighted by atomic mass is 19.1. The van der Waals surface area contributed by atoms with Gasteiger partial charge in [-0.3, -0.25) is 4.39 Å². The Labute approximate surface area is 73.4 Å². The zero-order chi connectivity index (χ0) is 8.97. The minimum absolute atomic E-state index is 0.500. The fraction of sp³-hybridized carbons (Fsp3) is 0.455. The number of hydrogen-bond acceptors (Lipinski definition) is 0. The Morgan fingerprint density at radius 1 is 1.17 bits per heavy atom. The summed E-state index contributed by atoms with van der Waals surface area (Å²) in [6.07, 6.45) is 3.97. The average Bonchev–Trinajstić information content (AvgIpc) is 2.57. The maximum Gasteiger partial charge on any atom is 0.0785 e. The van der Waals surface area contributed by atoms with Crippen LogP contribution < -0.4 is 0 Å². The van der Waals surface area contributed by atoms with E-state index in [4.69, 9.17) is 0 Å². The molecule has 0 heterocycles. The first-order valence-corrected chi connectivity index (χ1v) is 4.33. The number of aryl methyl sites for hydroxylation is 2. The van der Waals surface area contributed by atoms with Gasteiger partial charge < -0.3 is 0 Å². The number of alkyl halides is 1. The van der Waals surface area contributed by atoms with Crippen LogP contribution in [0, 0.1) is 6.92 Å². The molecular weight excluding hydrogens is 151 g/mol. The van der Waals surface area contributed by atoms with Crippen molar-refractivity contribution in [1.82, 2.24) is 0 Å². The largest absolute Gasteiger partial charge is 0.255 e. The van der Waals surface area contributed by atoms with Crippen molar-refractivity contribution in [2.24, 2.45) is 0 Å². The molecule has 12 heavy (non-hydrogen) atoms. The maximum atomic E-state index is 9.50. The molecule has 66 valence electrons. The maximum absolute atomic E-state index is 9.50. The van der Waals surface area contributed by atoms with Crippen LogP contribution in [0.2, 0.25) is 0 Å². The van der Waals surface area contributed by atoms with Crippen LogP contribution in [0.3, 0.4) is 0 Å². The number of fused-ring (bicyclic) bond motifs is 1. The molecule has 0 fully saturated rings. The number of benzene rings is 1. The van der Waals surface area contributed by atoms with E-state index in [-0.39, 0.29) is 0 Å². The lowest BCUT2D eigenvalue weighted by atomic mass is 10.1. The first-order chi connectivity index (χ1) is 5.88. The second-order valence-corrected chi connectivity index (χ2v) is 3.07. The van der Waals surface area contributed by atoms with Gasteiger partial charge in [0.15, 0.2) is 0 Å². The second-order valence-electron chi connectivity index (χ2n) is 3.07. The molecule has 1 aromatic carbocycles. The minimum Gasteiger partial charge on any atom is -0.255 e. The van der Waals surface area contributed by atoms with Crippen LogP contribution in [0.4, 0.5) is 4.39 Å². The van der Waals surface area contributed by atoms with Gasteiger partial charge in [0, 0.05) is 0 Å². The molecule has 0 bridgehead atoms. The second kappa shape index (κ2) is 4.24. The predicted molar refractivity (Wildman–Crippen MR) is 50.2 cm³/mol. The minimum atomic E-state index is 0.500. The van der Waals surface area contributed by atoms with Crippen molar-refractivity contribution in [3.8, 4) is 0 Å². The lowest BCUT2D eigenvalue weighted by Gasteiger charge is -2.00. The Morgan fingerprint density at radius 3 is 2.58 bits per heavy atom. The number of hydrogen-bond donors (Lipinski definition) is 0. The van der Waals surface area contributed by atoms with Crippen molar-refractivity contribution in [3.05, 3.63) is 34.9 Å². The van der Waals surface area contributed by atoms with Gasteiger partial charge >= 0.3 is 0 Å². The van der Waals surface area contributed by atoms with E-state index in [1.165, 1.54) is 24.8 Å². The van der Waals surface area contributed by atoms with E-state index in [2.05, 4.69) is 25.1 Å². The Morgan fingerprint density at radius 2 is 1.92 bits per heavy atom. The van der Waals surface area contributed by atoms with Gasteiger partial charge in [0.2, 0.25) is 0 Å². The van der Waals surface area contributed by atoms with Gasteiger partial charge in [-0.2, -0.15) is 0 Å². The van der Waals surface area contributed by atoms with Crippen LogP contribution >= 0.6 is 0 Å². The van der Waals surface area contributed by atoms with Crippen molar-refractivity contribution >= 4 is 0 Å². The standard InChI is InChI=1S/C10H12.CH3F/c1-8-4-2-5-9-6-3-7-10(8)9;1-2/h2,4-5H,3,6-7H2,1H3;1H3. The molecule has 0 spiro atoms. The lowest BCUT2D eigenvalue weighted by Crippen LogP contribution is -1.84. The van der Waals surface area contributed by atoms with E-state index < -0.39 is 0 Å². The summed E-state index contributed by atoms with van der Waals surface area (Å²) in [6.45, 7) is 2.21. The summed E-state index contributed by atoms with van der Waals surface area (Å²) in [5.74, 6) is 0. The SMILES string of the molecule is CF.Cc1cccc2c1CCC2. The smallest absolute Gasteiger partial charge is 0.0785 e. The van der Waals surface area contributed by atoms with Gasteiger partial charge in [-0.05, 0) is 42.9 Å². The molecule has 0 atom stereocenters. The number of halogens is 1. The van der Waals surface area contributed by atoms with Crippen LogP contribution in [0.15, 0.2) is 18.2 Å². The molecule has 0 aliphatic heterocycles. The Bertz CT molecular complexity index is 253. The molecule has 0 radical (unpaired) electrons. The quantitative estimate of drug-likeness (QED) is 0.555. The topological polar surface area (TPSA) is 0 Å². The summed E-state index contributed by atoms with van der Waals surface area (Å²) in [4.78, 5) is 0. The lowest BCUT2D eigenvalue weighted by molar-refractivity contribution is 0.636. The molecule has 0 nitrogen and oxygen atoms in total. The fourth-order valence-electron chi connectivity index (χ4n) is 1.81. The van der Waals surface area contributed by atoms with Crippen molar-refractivity contribution in [3.63, 3.8) is 0 Å². The third-order valence-electron chi connectivity index (χ3n) is 2.38. The fourth-order valence-corrected chi connectivity index (χ4v) is 1.81. The summed E-state index contributed by atoms with van der Waals surface area (Å²) in [6, 6.07) is 6.64. The Kier molecular flexibility index (Phi) is 3.27. The van der Waals surface area contributed by atoms with Gasteiger partial charge in [0.05, 0.1) is 7.18 Å². The normalized spacial score (nSPS) is 13.2. The molecule has 0 saturated carbocycles. The summed E-state index contributed by atoms with van der Waals surface area (Å²) in [7, 11) is 0.500. The van der Waals surface area contributed by atoms with Crippen LogP contribution in [-0.2, 0) is 12.8 Å². The summed E-state index contributed by atoms with van der Waals surface area (Å²) in [5, 5.41) is 0. The molecule has 1 aliphatic carbocycles. The van der Waals surface area contributed by atoms with E-state index in [0.717, 1.165) is 0 Å². The zero-order valence-corrected chi connectivity index (χ0v) is 7.73. The molecular formula is C11H15F. The molecule has 2 rings (SSSR count). The van der Waals surface area contributed by atoms with E-state index in [0.29, 0.717) is 7.18 Å². The highest BCUT2D eigenvalue weighted by Crippen LogP contribution is 2.24. The summed E-state index contributed by atoms with van der Waals surface area (Å²) >= 11 is 0. The summed E-state index contributed by atoms with van der Waals surface area (Å²) < 4.78 is 9.50. The molecule has 1 aliphatic rings. The third kappa shape index (κ3) is 1.66.